The fourth-order valence-corrected chi connectivity index (χ4v) is 0.760. The molecule has 0 aromatic heterocycles. The molecule has 2 atom stereocenters. The lowest BCUT2D eigenvalue weighted by Crippen LogP contribution is -2.24. The molecule has 0 heterocycles. The quantitative estimate of drug-likeness (QED) is 0.597. The number of hydrogen-bond donors (Lipinski definition) is 2. The minimum absolute atomic E-state index is 0.514. The molecule has 0 rings (SSSR count). The maximum Gasteiger partial charge on any atom is 0.0798 e. The molecule has 2 nitrogen and oxygen atoms in total. The van der Waals surface area contributed by atoms with E-state index in [-0.39, 0.29) is 0 Å². The number of hydrogen-bond acceptors (Lipinski definition) is 2. The zero-order chi connectivity index (χ0) is 7.28. The van der Waals surface area contributed by atoms with Gasteiger partial charge in [0.15, 0.2) is 0 Å². The van der Waals surface area contributed by atoms with Gasteiger partial charge in [0, 0.05) is 0 Å². The van der Waals surface area contributed by atoms with Crippen LogP contribution in [-0.4, -0.2) is 22.4 Å². The molecule has 0 aliphatic carbocycles. The van der Waals surface area contributed by atoms with Gasteiger partial charge in [-0.3, -0.25) is 0 Å². The Bertz CT molecular complexity index is 63.9. The van der Waals surface area contributed by atoms with E-state index in [0.717, 1.165) is 6.42 Å². The second-order valence-corrected chi connectivity index (χ2v) is 2.33. The molecule has 0 aliphatic heterocycles. The predicted molar refractivity (Wildman–Crippen MR) is 37.2 cm³/mol. The Morgan fingerprint density at radius 3 is 2.00 bits per heavy atom. The molecule has 0 radical (unpaired) electrons. The zero-order valence-corrected chi connectivity index (χ0v) is 6.17. The van der Waals surface area contributed by atoms with Crippen LogP contribution in [0, 0.1) is 0 Å². The second-order valence-electron chi connectivity index (χ2n) is 2.33. The number of rotatable bonds is 4. The molecule has 0 aromatic rings. The van der Waals surface area contributed by atoms with Crippen molar-refractivity contribution in [2.24, 2.45) is 0 Å². The zero-order valence-electron chi connectivity index (χ0n) is 6.17. The Morgan fingerprint density at radius 1 is 1.11 bits per heavy atom. The van der Waals surface area contributed by atoms with Crippen LogP contribution in [0.5, 0.6) is 0 Å². The molecular weight excluding hydrogens is 116 g/mol. The van der Waals surface area contributed by atoms with Gasteiger partial charge in [0.25, 0.3) is 0 Å². The van der Waals surface area contributed by atoms with Crippen molar-refractivity contribution in [3.05, 3.63) is 0 Å². The van der Waals surface area contributed by atoms with Gasteiger partial charge in [-0.15, -0.1) is 0 Å². The molecule has 0 aromatic carbocycles. The Kier molecular flexibility index (Phi) is 4.72. The lowest BCUT2D eigenvalue weighted by atomic mass is 10.1. The summed E-state index contributed by atoms with van der Waals surface area (Å²) in [5.74, 6) is 0. The van der Waals surface area contributed by atoms with E-state index in [9.17, 15) is 0 Å². The first-order valence-corrected chi connectivity index (χ1v) is 3.58. The monoisotopic (exact) mass is 132 g/mol. The van der Waals surface area contributed by atoms with Crippen molar-refractivity contribution < 1.29 is 10.2 Å². The van der Waals surface area contributed by atoms with Crippen LogP contribution >= 0.6 is 0 Å². The van der Waals surface area contributed by atoms with E-state index in [1.165, 1.54) is 0 Å². The normalized spacial score (nSPS) is 17.3. The first-order chi connectivity index (χ1) is 4.22. The largest absolute Gasteiger partial charge is 0.390 e. The summed E-state index contributed by atoms with van der Waals surface area (Å²) in [4.78, 5) is 0. The SMILES string of the molecule is CCC[C@H](O)[C@@H](O)CC. The maximum atomic E-state index is 9.07. The average Bonchev–Trinajstić information content (AvgIpc) is 1.87. The van der Waals surface area contributed by atoms with E-state index < -0.39 is 12.2 Å². The third kappa shape index (κ3) is 3.49. The van der Waals surface area contributed by atoms with Crippen LogP contribution in [0.25, 0.3) is 0 Å². The van der Waals surface area contributed by atoms with Crippen LogP contribution in [-0.2, 0) is 0 Å². The summed E-state index contributed by atoms with van der Waals surface area (Å²) in [7, 11) is 0. The molecular formula is C7H16O2. The van der Waals surface area contributed by atoms with Gasteiger partial charge in [-0.2, -0.15) is 0 Å². The highest BCUT2D eigenvalue weighted by atomic mass is 16.3. The number of aliphatic hydroxyl groups is 2. The molecule has 9 heavy (non-hydrogen) atoms. The van der Waals surface area contributed by atoms with E-state index in [2.05, 4.69) is 0 Å². The summed E-state index contributed by atoms with van der Waals surface area (Å²) >= 11 is 0. The minimum atomic E-state index is -0.523. The Labute approximate surface area is 56.5 Å². The highest BCUT2D eigenvalue weighted by molar-refractivity contribution is 4.63. The summed E-state index contributed by atoms with van der Waals surface area (Å²) in [5.41, 5.74) is 0. The van der Waals surface area contributed by atoms with Crippen LogP contribution in [0.1, 0.15) is 33.1 Å². The highest BCUT2D eigenvalue weighted by Crippen LogP contribution is 2.04. The summed E-state index contributed by atoms with van der Waals surface area (Å²) in [6.45, 7) is 3.86. The molecule has 0 bridgehead atoms. The van der Waals surface area contributed by atoms with Gasteiger partial charge >= 0.3 is 0 Å². The van der Waals surface area contributed by atoms with Gasteiger partial charge in [-0.25, -0.2) is 0 Å². The second kappa shape index (κ2) is 4.77. The van der Waals surface area contributed by atoms with Crippen LogP contribution in [0.4, 0.5) is 0 Å². The molecule has 2 N–H and O–H groups in total. The van der Waals surface area contributed by atoms with E-state index in [1.807, 2.05) is 13.8 Å². The van der Waals surface area contributed by atoms with Gasteiger partial charge in [0.05, 0.1) is 12.2 Å². The van der Waals surface area contributed by atoms with Gasteiger partial charge in [0.2, 0.25) is 0 Å². The van der Waals surface area contributed by atoms with Crippen LogP contribution in [0.3, 0.4) is 0 Å². The van der Waals surface area contributed by atoms with Crippen LogP contribution < -0.4 is 0 Å². The smallest absolute Gasteiger partial charge is 0.0798 e. The van der Waals surface area contributed by atoms with Crippen molar-refractivity contribution >= 4 is 0 Å². The lowest BCUT2D eigenvalue weighted by Gasteiger charge is -2.14. The van der Waals surface area contributed by atoms with E-state index in [1.54, 1.807) is 0 Å². The minimum Gasteiger partial charge on any atom is -0.390 e. The average molecular weight is 132 g/mol. The molecule has 56 valence electrons. The third-order valence-electron chi connectivity index (χ3n) is 1.45. The van der Waals surface area contributed by atoms with Gasteiger partial charge in [0.1, 0.15) is 0 Å². The van der Waals surface area contributed by atoms with Crippen molar-refractivity contribution in [1.29, 1.82) is 0 Å². The Morgan fingerprint density at radius 2 is 1.67 bits per heavy atom. The molecule has 0 unspecified atom stereocenters. The van der Waals surface area contributed by atoms with Crippen LogP contribution in [0.15, 0.2) is 0 Å². The fourth-order valence-electron chi connectivity index (χ4n) is 0.760. The first-order valence-electron chi connectivity index (χ1n) is 3.58. The van der Waals surface area contributed by atoms with E-state index in [4.69, 9.17) is 10.2 Å². The topological polar surface area (TPSA) is 40.5 Å². The van der Waals surface area contributed by atoms with Gasteiger partial charge in [-0.1, -0.05) is 20.3 Å². The maximum absolute atomic E-state index is 9.07. The number of aliphatic hydroxyl groups excluding tert-OH is 2. The van der Waals surface area contributed by atoms with Gasteiger partial charge < -0.3 is 10.2 Å². The van der Waals surface area contributed by atoms with Crippen molar-refractivity contribution in [3.8, 4) is 0 Å². The van der Waals surface area contributed by atoms with E-state index >= 15 is 0 Å². The molecule has 2 heteroatoms. The molecule has 0 saturated carbocycles. The highest BCUT2D eigenvalue weighted by Gasteiger charge is 2.11. The molecule has 0 fully saturated rings. The molecule has 0 spiro atoms. The summed E-state index contributed by atoms with van der Waals surface area (Å²) < 4.78 is 0. The predicted octanol–water partition coefficient (Wildman–Crippen LogP) is 0.918. The van der Waals surface area contributed by atoms with Crippen molar-refractivity contribution in [2.75, 3.05) is 0 Å². The van der Waals surface area contributed by atoms with Crippen molar-refractivity contribution in [2.45, 2.75) is 45.3 Å². The molecule has 0 aliphatic rings. The summed E-state index contributed by atoms with van der Waals surface area (Å²) in [5, 5.41) is 18.1. The summed E-state index contributed by atoms with van der Waals surface area (Å²) in [6.07, 6.45) is 1.24. The molecule has 0 amide bonds. The summed E-state index contributed by atoms with van der Waals surface area (Å²) in [6, 6.07) is 0. The Hall–Kier alpha value is -0.0800. The van der Waals surface area contributed by atoms with Crippen molar-refractivity contribution in [1.82, 2.24) is 0 Å². The van der Waals surface area contributed by atoms with Gasteiger partial charge in [-0.05, 0) is 12.8 Å². The molecule has 0 saturated heterocycles. The van der Waals surface area contributed by atoms with Crippen LogP contribution in [0.2, 0.25) is 0 Å². The third-order valence-corrected chi connectivity index (χ3v) is 1.45. The lowest BCUT2D eigenvalue weighted by molar-refractivity contribution is 0.0124. The van der Waals surface area contributed by atoms with Crippen molar-refractivity contribution in [3.63, 3.8) is 0 Å². The first kappa shape index (κ1) is 8.92. The van der Waals surface area contributed by atoms with E-state index in [0.29, 0.717) is 12.8 Å². The standard InChI is InChI=1S/C7H16O2/c1-3-5-7(9)6(8)4-2/h6-9H,3-5H2,1-2H3/t6-,7-/m0/s1. The Balaban J connectivity index is 3.32. The fraction of sp³-hybridized carbons (Fsp3) is 1.00.